The molecule has 0 bridgehead atoms. The minimum absolute atomic E-state index is 0.557. The molecule has 0 fully saturated rings. The van der Waals surface area contributed by atoms with E-state index in [1.165, 1.54) is 0 Å². The number of ether oxygens (including phenoxy) is 1. The summed E-state index contributed by atoms with van der Waals surface area (Å²) in [5, 5.41) is 0.557. The van der Waals surface area contributed by atoms with Gasteiger partial charge in [-0.2, -0.15) is 0 Å². The zero-order valence-corrected chi connectivity index (χ0v) is 12.2. The normalized spacial score (nSPS) is 10.7. The van der Waals surface area contributed by atoms with Gasteiger partial charge in [-0.05, 0) is 24.6 Å². The minimum atomic E-state index is 0.557. The molecule has 102 valence electrons. The van der Waals surface area contributed by atoms with Crippen LogP contribution >= 0.6 is 11.6 Å². The highest BCUT2D eigenvalue weighted by molar-refractivity contribution is 6.32. The van der Waals surface area contributed by atoms with Crippen LogP contribution in [0.1, 0.15) is 19.2 Å². The SMILES string of the molecule is CCCc1nc(-c2ccc(OC)c(Cl)c2)c(N)n1C. The predicted molar refractivity (Wildman–Crippen MR) is 78.6 cm³/mol. The molecular formula is C14H18ClN3O. The Bertz CT molecular complexity index is 593. The van der Waals surface area contributed by atoms with E-state index in [1.807, 2.05) is 29.8 Å². The number of imidazole rings is 1. The number of rotatable bonds is 4. The Kier molecular flexibility index (Phi) is 4.00. The Morgan fingerprint density at radius 1 is 1.42 bits per heavy atom. The maximum atomic E-state index is 6.14. The second-order valence-electron chi connectivity index (χ2n) is 4.42. The van der Waals surface area contributed by atoms with Crippen LogP contribution in [0.25, 0.3) is 11.3 Å². The fourth-order valence-electron chi connectivity index (χ4n) is 2.03. The highest BCUT2D eigenvalue weighted by Crippen LogP contribution is 2.32. The molecule has 0 radical (unpaired) electrons. The lowest BCUT2D eigenvalue weighted by Crippen LogP contribution is -2.01. The second-order valence-corrected chi connectivity index (χ2v) is 4.83. The second kappa shape index (κ2) is 5.53. The van der Waals surface area contributed by atoms with E-state index in [4.69, 9.17) is 22.1 Å². The van der Waals surface area contributed by atoms with E-state index in [1.54, 1.807) is 7.11 Å². The van der Waals surface area contributed by atoms with E-state index in [9.17, 15) is 0 Å². The number of nitrogens with two attached hydrogens (primary N) is 1. The molecule has 1 aromatic carbocycles. The Hall–Kier alpha value is -1.68. The average Bonchev–Trinajstić information content (AvgIpc) is 2.67. The molecule has 0 unspecified atom stereocenters. The number of aromatic nitrogens is 2. The molecule has 2 aromatic rings. The van der Waals surface area contributed by atoms with Crippen LogP contribution in [0, 0.1) is 0 Å². The summed E-state index contributed by atoms with van der Waals surface area (Å²) in [6, 6.07) is 5.57. The fourth-order valence-corrected chi connectivity index (χ4v) is 2.29. The van der Waals surface area contributed by atoms with Crippen molar-refractivity contribution in [1.82, 2.24) is 9.55 Å². The number of nitrogen functional groups attached to an aromatic ring is 1. The summed E-state index contributed by atoms with van der Waals surface area (Å²) >= 11 is 6.14. The van der Waals surface area contributed by atoms with Gasteiger partial charge in [-0.1, -0.05) is 18.5 Å². The zero-order valence-electron chi connectivity index (χ0n) is 11.4. The van der Waals surface area contributed by atoms with Gasteiger partial charge in [0.2, 0.25) is 0 Å². The van der Waals surface area contributed by atoms with Crippen LogP contribution in [0.3, 0.4) is 0 Å². The van der Waals surface area contributed by atoms with Crippen LogP contribution in [0.5, 0.6) is 5.75 Å². The lowest BCUT2D eigenvalue weighted by molar-refractivity contribution is 0.415. The molecule has 5 heteroatoms. The molecule has 0 spiro atoms. The summed E-state index contributed by atoms with van der Waals surface area (Å²) in [5.41, 5.74) is 7.79. The third-order valence-corrected chi connectivity index (χ3v) is 3.43. The van der Waals surface area contributed by atoms with Gasteiger partial charge in [0, 0.05) is 19.0 Å². The van der Waals surface area contributed by atoms with Crippen molar-refractivity contribution in [1.29, 1.82) is 0 Å². The summed E-state index contributed by atoms with van der Waals surface area (Å²) in [6.07, 6.45) is 1.94. The number of hydrogen-bond acceptors (Lipinski definition) is 3. The first-order chi connectivity index (χ1) is 9.08. The molecule has 0 atom stereocenters. The quantitative estimate of drug-likeness (QED) is 0.934. The molecule has 1 heterocycles. The van der Waals surface area contributed by atoms with Gasteiger partial charge in [-0.25, -0.2) is 4.98 Å². The highest BCUT2D eigenvalue weighted by Gasteiger charge is 2.14. The first-order valence-electron chi connectivity index (χ1n) is 6.23. The molecule has 0 saturated carbocycles. The van der Waals surface area contributed by atoms with Gasteiger partial charge in [0.15, 0.2) is 0 Å². The molecular weight excluding hydrogens is 262 g/mol. The van der Waals surface area contributed by atoms with Gasteiger partial charge in [0.05, 0.1) is 12.1 Å². The number of benzene rings is 1. The number of halogens is 1. The van der Waals surface area contributed by atoms with Crippen molar-refractivity contribution in [2.75, 3.05) is 12.8 Å². The van der Waals surface area contributed by atoms with Crippen LogP contribution in [-0.2, 0) is 13.5 Å². The minimum Gasteiger partial charge on any atom is -0.495 e. The van der Waals surface area contributed by atoms with E-state index in [0.29, 0.717) is 16.6 Å². The number of anilines is 1. The van der Waals surface area contributed by atoms with Crippen molar-refractivity contribution in [3.8, 4) is 17.0 Å². The molecule has 0 aliphatic heterocycles. The summed E-state index contributed by atoms with van der Waals surface area (Å²) in [4.78, 5) is 4.60. The van der Waals surface area contributed by atoms with Gasteiger partial charge in [-0.3, -0.25) is 0 Å². The van der Waals surface area contributed by atoms with E-state index in [0.717, 1.165) is 29.9 Å². The maximum Gasteiger partial charge on any atom is 0.137 e. The summed E-state index contributed by atoms with van der Waals surface area (Å²) in [5.74, 6) is 2.29. The van der Waals surface area contributed by atoms with E-state index in [2.05, 4.69) is 11.9 Å². The van der Waals surface area contributed by atoms with Crippen molar-refractivity contribution in [3.05, 3.63) is 29.0 Å². The van der Waals surface area contributed by atoms with Gasteiger partial charge in [0.25, 0.3) is 0 Å². The van der Waals surface area contributed by atoms with Crippen LogP contribution in [0.15, 0.2) is 18.2 Å². The fraction of sp³-hybridized carbons (Fsp3) is 0.357. The van der Waals surface area contributed by atoms with Gasteiger partial charge in [-0.15, -0.1) is 0 Å². The molecule has 0 amide bonds. The summed E-state index contributed by atoms with van der Waals surface area (Å²) in [6.45, 7) is 2.12. The first kappa shape index (κ1) is 13.7. The molecule has 2 N–H and O–H groups in total. The van der Waals surface area contributed by atoms with E-state index >= 15 is 0 Å². The predicted octanol–water partition coefficient (Wildman–Crippen LogP) is 3.28. The molecule has 0 aliphatic carbocycles. The van der Waals surface area contributed by atoms with E-state index in [-0.39, 0.29) is 0 Å². The van der Waals surface area contributed by atoms with E-state index < -0.39 is 0 Å². The standard InChI is InChI=1S/C14H18ClN3O/c1-4-5-12-17-13(14(16)18(12)2)9-6-7-11(19-3)10(15)8-9/h6-8H,4-5,16H2,1-3H3. The van der Waals surface area contributed by atoms with Crippen molar-refractivity contribution in [2.45, 2.75) is 19.8 Å². The average molecular weight is 280 g/mol. The number of methoxy groups -OCH3 is 1. The smallest absolute Gasteiger partial charge is 0.137 e. The topological polar surface area (TPSA) is 53.1 Å². The molecule has 0 saturated heterocycles. The number of aryl methyl sites for hydroxylation is 1. The zero-order chi connectivity index (χ0) is 14.0. The Morgan fingerprint density at radius 2 is 2.16 bits per heavy atom. The Morgan fingerprint density at radius 3 is 2.74 bits per heavy atom. The van der Waals surface area contributed by atoms with Crippen molar-refractivity contribution in [3.63, 3.8) is 0 Å². The molecule has 2 rings (SSSR count). The van der Waals surface area contributed by atoms with Crippen molar-refractivity contribution in [2.24, 2.45) is 7.05 Å². The van der Waals surface area contributed by atoms with Crippen LogP contribution in [0.4, 0.5) is 5.82 Å². The third-order valence-electron chi connectivity index (χ3n) is 3.13. The Balaban J connectivity index is 2.47. The van der Waals surface area contributed by atoms with Gasteiger partial charge < -0.3 is 15.0 Å². The summed E-state index contributed by atoms with van der Waals surface area (Å²) in [7, 11) is 3.53. The number of nitrogens with zero attached hydrogens (tertiary/aromatic N) is 2. The molecule has 4 nitrogen and oxygen atoms in total. The lowest BCUT2D eigenvalue weighted by Gasteiger charge is -2.05. The molecule has 0 aliphatic rings. The van der Waals surface area contributed by atoms with Crippen molar-refractivity contribution < 1.29 is 4.74 Å². The third kappa shape index (κ3) is 2.54. The molecule has 1 aromatic heterocycles. The van der Waals surface area contributed by atoms with Gasteiger partial charge in [0.1, 0.15) is 23.1 Å². The monoisotopic (exact) mass is 279 g/mol. The maximum absolute atomic E-state index is 6.14. The molecule has 19 heavy (non-hydrogen) atoms. The lowest BCUT2D eigenvalue weighted by atomic mass is 10.1. The summed E-state index contributed by atoms with van der Waals surface area (Å²) < 4.78 is 7.07. The highest BCUT2D eigenvalue weighted by atomic mass is 35.5. The Labute approximate surface area is 118 Å². The van der Waals surface area contributed by atoms with Crippen LogP contribution in [-0.4, -0.2) is 16.7 Å². The first-order valence-corrected chi connectivity index (χ1v) is 6.61. The van der Waals surface area contributed by atoms with Crippen LogP contribution in [0.2, 0.25) is 5.02 Å². The largest absolute Gasteiger partial charge is 0.495 e. The number of hydrogen-bond donors (Lipinski definition) is 1. The van der Waals surface area contributed by atoms with Crippen molar-refractivity contribution >= 4 is 17.4 Å². The van der Waals surface area contributed by atoms with Gasteiger partial charge >= 0.3 is 0 Å². The van der Waals surface area contributed by atoms with Crippen LogP contribution < -0.4 is 10.5 Å².